The van der Waals surface area contributed by atoms with Crippen LogP contribution in [0.2, 0.25) is 0 Å². The van der Waals surface area contributed by atoms with E-state index in [-0.39, 0.29) is 6.03 Å². The zero-order chi connectivity index (χ0) is 16.6. The van der Waals surface area contributed by atoms with Crippen LogP contribution < -0.4 is 15.4 Å². The van der Waals surface area contributed by atoms with Crippen LogP contribution in [-0.4, -0.2) is 33.9 Å². The molecule has 3 rings (SSSR count). The summed E-state index contributed by atoms with van der Waals surface area (Å²) in [6.45, 7) is 2.20. The van der Waals surface area contributed by atoms with Gasteiger partial charge in [0.05, 0.1) is 13.1 Å². The van der Waals surface area contributed by atoms with Gasteiger partial charge in [0.15, 0.2) is 5.82 Å². The molecule has 1 aromatic heterocycles. The summed E-state index contributed by atoms with van der Waals surface area (Å²) >= 11 is 0. The number of aromatic nitrogens is 3. The van der Waals surface area contributed by atoms with Crippen LogP contribution in [0, 0.1) is 0 Å². The fourth-order valence-electron chi connectivity index (χ4n) is 2.75. The van der Waals surface area contributed by atoms with Gasteiger partial charge in [0.25, 0.3) is 0 Å². The van der Waals surface area contributed by atoms with E-state index in [1.165, 1.54) is 6.42 Å². The zero-order valence-corrected chi connectivity index (χ0v) is 13.7. The Morgan fingerprint density at radius 3 is 2.88 bits per heavy atom. The van der Waals surface area contributed by atoms with Gasteiger partial charge in [0.2, 0.25) is 0 Å². The number of hydrogen-bond acceptors (Lipinski definition) is 4. The first kappa shape index (κ1) is 16.3. The van der Waals surface area contributed by atoms with E-state index in [9.17, 15) is 4.79 Å². The van der Waals surface area contributed by atoms with Crippen molar-refractivity contribution in [3.8, 4) is 5.75 Å². The van der Waals surface area contributed by atoms with E-state index in [1.54, 1.807) is 0 Å². The number of amides is 2. The number of nitrogens with one attached hydrogen (secondary N) is 2. The summed E-state index contributed by atoms with van der Waals surface area (Å²) in [7, 11) is 0. The van der Waals surface area contributed by atoms with Crippen LogP contribution in [0.4, 0.5) is 4.79 Å². The number of fused-ring (bicyclic) bond motifs is 1. The Hall–Kier alpha value is -2.57. The number of urea groups is 1. The molecule has 24 heavy (non-hydrogen) atoms. The van der Waals surface area contributed by atoms with E-state index < -0.39 is 0 Å². The highest BCUT2D eigenvalue weighted by molar-refractivity contribution is 5.73. The Kier molecular flexibility index (Phi) is 5.65. The highest BCUT2D eigenvalue weighted by Gasteiger charge is 2.14. The number of benzene rings is 1. The maximum absolute atomic E-state index is 11.9. The van der Waals surface area contributed by atoms with Crippen LogP contribution in [0.5, 0.6) is 5.75 Å². The van der Waals surface area contributed by atoms with Gasteiger partial charge in [-0.25, -0.2) is 4.79 Å². The Bertz CT molecular complexity index is 656. The first-order chi connectivity index (χ1) is 11.8. The third kappa shape index (κ3) is 4.47. The van der Waals surface area contributed by atoms with Crippen molar-refractivity contribution < 1.29 is 9.53 Å². The fraction of sp³-hybridized carbons (Fsp3) is 0.471. The zero-order valence-electron chi connectivity index (χ0n) is 13.7. The van der Waals surface area contributed by atoms with Gasteiger partial charge in [0.1, 0.15) is 18.2 Å². The average molecular weight is 329 g/mol. The van der Waals surface area contributed by atoms with Gasteiger partial charge in [0, 0.05) is 13.0 Å². The molecule has 1 aliphatic rings. The molecule has 0 bridgehead atoms. The molecule has 0 aliphatic carbocycles. The lowest BCUT2D eigenvalue weighted by Crippen LogP contribution is -2.37. The maximum Gasteiger partial charge on any atom is 0.315 e. The summed E-state index contributed by atoms with van der Waals surface area (Å²) in [5.74, 6) is 2.65. The van der Waals surface area contributed by atoms with E-state index in [1.807, 2.05) is 30.3 Å². The molecule has 1 aliphatic heterocycles. The second-order valence-electron chi connectivity index (χ2n) is 5.77. The monoisotopic (exact) mass is 329 g/mol. The Balaban J connectivity index is 1.37. The number of nitrogens with zero attached hydrogens (tertiary/aromatic N) is 3. The van der Waals surface area contributed by atoms with E-state index >= 15 is 0 Å². The van der Waals surface area contributed by atoms with Crippen LogP contribution in [0.1, 0.15) is 30.9 Å². The number of aryl methyl sites for hydroxylation is 1. The molecule has 2 aromatic rings. The molecular formula is C17H23N5O2. The predicted octanol–water partition coefficient (Wildman–Crippen LogP) is 1.88. The molecule has 0 unspecified atom stereocenters. The number of para-hydroxylation sites is 1. The van der Waals surface area contributed by atoms with Crippen LogP contribution >= 0.6 is 0 Å². The van der Waals surface area contributed by atoms with Crippen molar-refractivity contribution in [2.45, 2.75) is 38.8 Å². The highest BCUT2D eigenvalue weighted by Crippen LogP contribution is 2.14. The minimum atomic E-state index is -0.224. The molecule has 0 radical (unpaired) electrons. The molecular weight excluding hydrogens is 306 g/mol. The molecule has 128 valence electrons. The summed E-state index contributed by atoms with van der Waals surface area (Å²) in [6.07, 6.45) is 4.49. The van der Waals surface area contributed by atoms with Crippen molar-refractivity contribution in [3.63, 3.8) is 0 Å². The molecule has 2 amide bonds. The lowest BCUT2D eigenvalue weighted by molar-refractivity contribution is 0.235. The first-order valence-corrected chi connectivity index (χ1v) is 8.43. The average Bonchev–Trinajstić information content (AvgIpc) is 2.84. The van der Waals surface area contributed by atoms with Gasteiger partial charge < -0.3 is 19.9 Å². The third-order valence-corrected chi connectivity index (χ3v) is 3.99. The quantitative estimate of drug-likeness (QED) is 0.793. The SMILES string of the molecule is O=C(NCCOc1ccccc1)NCc1nnc2n1CCCCC2. The van der Waals surface area contributed by atoms with Gasteiger partial charge in [-0.05, 0) is 25.0 Å². The van der Waals surface area contributed by atoms with Crippen LogP contribution in [0.25, 0.3) is 0 Å². The van der Waals surface area contributed by atoms with E-state index in [0.29, 0.717) is 19.7 Å². The van der Waals surface area contributed by atoms with Gasteiger partial charge in [-0.3, -0.25) is 0 Å². The molecule has 1 aromatic carbocycles. The lowest BCUT2D eigenvalue weighted by atomic mass is 10.2. The minimum absolute atomic E-state index is 0.224. The van der Waals surface area contributed by atoms with Gasteiger partial charge in [-0.15, -0.1) is 10.2 Å². The molecule has 0 saturated heterocycles. The first-order valence-electron chi connectivity index (χ1n) is 8.43. The highest BCUT2D eigenvalue weighted by atomic mass is 16.5. The van der Waals surface area contributed by atoms with Crippen LogP contribution in [0.15, 0.2) is 30.3 Å². The largest absolute Gasteiger partial charge is 0.492 e. The summed E-state index contributed by atoms with van der Waals surface area (Å²) in [5.41, 5.74) is 0. The van der Waals surface area contributed by atoms with E-state index in [2.05, 4.69) is 25.4 Å². The van der Waals surface area contributed by atoms with Crippen molar-refractivity contribution in [2.75, 3.05) is 13.2 Å². The Morgan fingerprint density at radius 2 is 2.00 bits per heavy atom. The summed E-state index contributed by atoms with van der Waals surface area (Å²) in [6, 6.07) is 9.31. The maximum atomic E-state index is 11.9. The molecule has 0 spiro atoms. The van der Waals surface area contributed by atoms with Crippen LogP contribution in [-0.2, 0) is 19.5 Å². The van der Waals surface area contributed by atoms with Crippen molar-refractivity contribution in [2.24, 2.45) is 0 Å². The number of hydrogen-bond donors (Lipinski definition) is 2. The lowest BCUT2D eigenvalue weighted by Gasteiger charge is -2.10. The van der Waals surface area contributed by atoms with Gasteiger partial charge in [-0.1, -0.05) is 24.6 Å². The Labute approximate surface area is 141 Å². The molecule has 2 N–H and O–H groups in total. The summed E-state index contributed by atoms with van der Waals surface area (Å²) in [4.78, 5) is 11.9. The Morgan fingerprint density at radius 1 is 1.12 bits per heavy atom. The predicted molar refractivity (Wildman–Crippen MR) is 89.8 cm³/mol. The smallest absolute Gasteiger partial charge is 0.315 e. The van der Waals surface area contributed by atoms with E-state index in [0.717, 1.165) is 43.2 Å². The summed E-state index contributed by atoms with van der Waals surface area (Å²) in [5, 5.41) is 14.0. The van der Waals surface area contributed by atoms with Crippen molar-refractivity contribution in [1.82, 2.24) is 25.4 Å². The number of rotatable bonds is 6. The molecule has 0 saturated carbocycles. The molecule has 7 heteroatoms. The van der Waals surface area contributed by atoms with Gasteiger partial charge in [-0.2, -0.15) is 0 Å². The summed E-state index contributed by atoms with van der Waals surface area (Å²) < 4.78 is 7.66. The number of carbonyl (C=O) groups excluding carboxylic acids is 1. The number of carbonyl (C=O) groups is 1. The minimum Gasteiger partial charge on any atom is -0.492 e. The van der Waals surface area contributed by atoms with Crippen LogP contribution in [0.3, 0.4) is 0 Å². The second-order valence-corrected chi connectivity index (χ2v) is 5.77. The van der Waals surface area contributed by atoms with Crippen molar-refractivity contribution in [3.05, 3.63) is 42.0 Å². The van der Waals surface area contributed by atoms with Crippen molar-refractivity contribution >= 4 is 6.03 Å². The molecule has 7 nitrogen and oxygen atoms in total. The normalized spacial score (nSPS) is 13.7. The fourth-order valence-corrected chi connectivity index (χ4v) is 2.75. The molecule has 2 heterocycles. The molecule has 0 fully saturated rings. The van der Waals surface area contributed by atoms with Gasteiger partial charge >= 0.3 is 6.03 Å². The topological polar surface area (TPSA) is 81.1 Å². The second kappa shape index (κ2) is 8.33. The van der Waals surface area contributed by atoms with E-state index in [4.69, 9.17) is 4.74 Å². The number of ether oxygens (including phenoxy) is 1. The molecule has 0 atom stereocenters. The van der Waals surface area contributed by atoms with Crippen molar-refractivity contribution in [1.29, 1.82) is 0 Å². The third-order valence-electron chi connectivity index (χ3n) is 3.99. The standard InChI is InChI=1S/C17H23N5O2/c23-17(18-10-12-24-14-7-3-1-4-8-14)19-13-16-21-20-15-9-5-2-6-11-22(15)16/h1,3-4,7-8H,2,5-6,9-13H2,(H2,18,19,23).